The van der Waals surface area contributed by atoms with Crippen LogP contribution in [0.2, 0.25) is 5.02 Å². The standard InChI is InChI=1S/C22H16ClN3O3S/c23-19-10-3-1-9-17(19)21-13-18(16-8-2-4-11-20(16)26-21)22(27)25-14-6-5-7-15(12-14)30(24,28)29/h1-13H,(H,25,27)(H2,24,28,29). The molecule has 0 spiro atoms. The fraction of sp³-hybridized carbons (Fsp3) is 0. The van der Waals surface area contributed by atoms with E-state index in [4.69, 9.17) is 16.7 Å². The van der Waals surface area contributed by atoms with Crippen LogP contribution in [0.3, 0.4) is 0 Å². The number of nitrogens with one attached hydrogen (secondary N) is 1. The van der Waals surface area contributed by atoms with E-state index in [2.05, 4.69) is 10.3 Å². The highest BCUT2D eigenvalue weighted by Crippen LogP contribution is 2.30. The van der Waals surface area contributed by atoms with E-state index in [1.165, 1.54) is 18.2 Å². The van der Waals surface area contributed by atoms with Gasteiger partial charge in [0.15, 0.2) is 0 Å². The average molecular weight is 438 g/mol. The van der Waals surface area contributed by atoms with Crippen LogP contribution in [0, 0.1) is 0 Å². The number of nitrogens with zero attached hydrogens (tertiary/aromatic N) is 1. The maximum absolute atomic E-state index is 13.1. The fourth-order valence-electron chi connectivity index (χ4n) is 3.12. The molecule has 6 nitrogen and oxygen atoms in total. The first-order chi connectivity index (χ1) is 14.3. The van der Waals surface area contributed by atoms with Crippen LogP contribution in [0.25, 0.3) is 22.2 Å². The monoisotopic (exact) mass is 437 g/mol. The number of hydrogen-bond acceptors (Lipinski definition) is 4. The van der Waals surface area contributed by atoms with E-state index in [0.717, 1.165) is 0 Å². The number of sulfonamides is 1. The van der Waals surface area contributed by atoms with Crippen LogP contribution in [0.5, 0.6) is 0 Å². The van der Waals surface area contributed by atoms with Gasteiger partial charge in [0, 0.05) is 21.7 Å². The molecular formula is C22H16ClN3O3S. The number of pyridine rings is 1. The predicted molar refractivity (Wildman–Crippen MR) is 118 cm³/mol. The quantitative estimate of drug-likeness (QED) is 0.492. The largest absolute Gasteiger partial charge is 0.322 e. The second-order valence-corrected chi connectivity index (χ2v) is 8.55. The fourth-order valence-corrected chi connectivity index (χ4v) is 3.91. The van der Waals surface area contributed by atoms with E-state index in [1.807, 2.05) is 36.4 Å². The SMILES string of the molecule is NS(=O)(=O)c1cccc(NC(=O)c2cc(-c3ccccc3Cl)nc3ccccc23)c1. The van der Waals surface area contributed by atoms with Crippen molar-refractivity contribution in [3.8, 4) is 11.3 Å². The summed E-state index contributed by atoms with van der Waals surface area (Å²) in [6.45, 7) is 0. The summed E-state index contributed by atoms with van der Waals surface area (Å²) < 4.78 is 23.2. The second-order valence-electron chi connectivity index (χ2n) is 6.58. The Hall–Kier alpha value is -3.26. The number of hydrogen-bond donors (Lipinski definition) is 2. The summed E-state index contributed by atoms with van der Waals surface area (Å²) in [5.74, 6) is -0.409. The van der Waals surface area contributed by atoms with Crippen LogP contribution >= 0.6 is 11.6 Å². The van der Waals surface area contributed by atoms with Gasteiger partial charge in [0.2, 0.25) is 10.0 Å². The number of halogens is 1. The normalized spacial score (nSPS) is 11.4. The van der Waals surface area contributed by atoms with Gasteiger partial charge in [0.05, 0.1) is 21.7 Å². The molecule has 8 heteroatoms. The third-order valence-electron chi connectivity index (χ3n) is 4.53. The van der Waals surface area contributed by atoms with Crippen LogP contribution in [0.4, 0.5) is 5.69 Å². The van der Waals surface area contributed by atoms with Crippen molar-refractivity contribution in [3.05, 3.63) is 89.4 Å². The number of aromatic nitrogens is 1. The molecule has 0 fully saturated rings. The lowest BCUT2D eigenvalue weighted by Crippen LogP contribution is -2.15. The van der Waals surface area contributed by atoms with Crippen molar-refractivity contribution >= 4 is 44.1 Å². The molecule has 3 N–H and O–H groups in total. The molecular weight excluding hydrogens is 422 g/mol. The summed E-state index contributed by atoms with van der Waals surface area (Å²) in [6, 6.07) is 22.0. The number of rotatable bonds is 4. The Labute approximate surface area is 178 Å². The molecule has 1 aromatic heterocycles. The molecule has 0 unspecified atom stereocenters. The van der Waals surface area contributed by atoms with E-state index in [1.54, 1.807) is 24.3 Å². The number of primary sulfonamides is 1. The highest BCUT2D eigenvalue weighted by molar-refractivity contribution is 7.89. The van der Waals surface area contributed by atoms with Crippen LogP contribution in [0.1, 0.15) is 10.4 Å². The molecule has 4 rings (SSSR count). The van der Waals surface area contributed by atoms with Crippen molar-refractivity contribution in [2.75, 3.05) is 5.32 Å². The second kappa shape index (κ2) is 7.87. The molecule has 0 saturated carbocycles. The lowest BCUT2D eigenvalue weighted by Gasteiger charge is -2.12. The number of benzene rings is 3. The molecule has 150 valence electrons. The number of fused-ring (bicyclic) bond motifs is 1. The Morgan fingerprint density at radius 1 is 0.933 bits per heavy atom. The molecule has 30 heavy (non-hydrogen) atoms. The molecule has 0 aliphatic carbocycles. The summed E-state index contributed by atoms with van der Waals surface area (Å²) >= 11 is 6.32. The molecule has 4 aromatic rings. The molecule has 0 aliphatic heterocycles. The van der Waals surface area contributed by atoms with Crippen LogP contribution in [-0.2, 0) is 10.0 Å². The minimum Gasteiger partial charge on any atom is -0.322 e. The van der Waals surface area contributed by atoms with Gasteiger partial charge in [-0.25, -0.2) is 18.5 Å². The van der Waals surface area contributed by atoms with Gasteiger partial charge in [-0.2, -0.15) is 0 Å². The van der Waals surface area contributed by atoms with Crippen molar-refractivity contribution < 1.29 is 13.2 Å². The molecule has 0 radical (unpaired) electrons. The Morgan fingerprint density at radius 2 is 1.67 bits per heavy atom. The topological polar surface area (TPSA) is 102 Å². The number of carbonyl (C=O) groups excluding carboxylic acids is 1. The minimum absolute atomic E-state index is 0.0864. The zero-order valence-corrected chi connectivity index (χ0v) is 17.1. The molecule has 1 amide bonds. The lowest BCUT2D eigenvalue weighted by atomic mass is 10.0. The van der Waals surface area contributed by atoms with Gasteiger partial charge in [-0.3, -0.25) is 4.79 Å². The molecule has 1 heterocycles. The van der Waals surface area contributed by atoms with Crippen molar-refractivity contribution in [2.45, 2.75) is 4.90 Å². The number of anilines is 1. The predicted octanol–water partition coefficient (Wildman–Crippen LogP) is 4.45. The summed E-state index contributed by atoms with van der Waals surface area (Å²) in [6.07, 6.45) is 0. The summed E-state index contributed by atoms with van der Waals surface area (Å²) in [5.41, 5.74) is 2.60. The van der Waals surface area contributed by atoms with Crippen molar-refractivity contribution in [2.24, 2.45) is 5.14 Å². The zero-order chi connectivity index (χ0) is 21.3. The van der Waals surface area contributed by atoms with Gasteiger partial charge in [0.1, 0.15) is 0 Å². The summed E-state index contributed by atoms with van der Waals surface area (Å²) in [5, 5.41) is 9.10. The maximum Gasteiger partial charge on any atom is 0.256 e. The van der Waals surface area contributed by atoms with Crippen molar-refractivity contribution in [3.63, 3.8) is 0 Å². The lowest BCUT2D eigenvalue weighted by molar-refractivity contribution is 0.102. The van der Waals surface area contributed by atoms with Gasteiger partial charge in [-0.05, 0) is 36.4 Å². The molecule has 0 atom stereocenters. The van der Waals surface area contributed by atoms with Gasteiger partial charge in [-0.15, -0.1) is 0 Å². The first kappa shape index (κ1) is 20.0. The Morgan fingerprint density at radius 3 is 2.43 bits per heavy atom. The van der Waals surface area contributed by atoms with E-state index in [9.17, 15) is 13.2 Å². The number of nitrogens with two attached hydrogens (primary N) is 1. The first-order valence-corrected chi connectivity index (χ1v) is 10.8. The van der Waals surface area contributed by atoms with Crippen LogP contribution in [-0.4, -0.2) is 19.3 Å². The Balaban J connectivity index is 1.80. The molecule has 3 aromatic carbocycles. The van der Waals surface area contributed by atoms with E-state index in [-0.39, 0.29) is 4.90 Å². The Kier molecular flexibility index (Phi) is 5.26. The van der Waals surface area contributed by atoms with E-state index >= 15 is 0 Å². The van der Waals surface area contributed by atoms with Crippen molar-refractivity contribution in [1.29, 1.82) is 0 Å². The van der Waals surface area contributed by atoms with Crippen LogP contribution in [0.15, 0.2) is 83.8 Å². The third kappa shape index (κ3) is 4.04. The minimum atomic E-state index is -3.88. The van der Waals surface area contributed by atoms with Crippen molar-refractivity contribution in [1.82, 2.24) is 4.98 Å². The van der Waals surface area contributed by atoms with Crippen LogP contribution < -0.4 is 10.5 Å². The zero-order valence-electron chi connectivity index (χ0n) is 15.5. The van der Waals surface area contributed by atoms with Gasteiger partial charge < -0.3 is 5.32 Å². The average Bonchev–Trinajstić information content (AvgIpc) is 2.73. The van der Waals surface area contributed by atoms with E-state index < -0.39 is 15.9 Å². The first-order valence-electron chi connectivity index (χ1n) is 8.92. The van der Waals surface area contributed by atoms with Gasteiger partial charge in [0.25, 0.3) is 5.91 Å². The van der Waals surface area contributed by atoms with Gasteiger partial charge in [-0.1, -0.05) is 54.1 Å². The smallest absolute Gasteiger partial charge is 0.256 e. The molecule has 0 aliphatic rings. The summed E-state index contributed by atoms with van der Waals surface area (Å²) in [4.78, 5) is 17.7. The number of amides is 1. The third-order valence-corrected chi connectivity index (χ3v) is 5.77. The Bertz CT molecular complexity index is 1390. The number of carbonyl (C=O) groups is 1. The van der Waals surface area contributed by atoms with Gasteiger partial charge >= 0.3 is 0 Å². The summed E-state index contributed by atoms with van der Waals surface area (Å²) in [7, 11) is -3.88. The number of para-hydroxylation sites is 1. The van der Waals surface area contributed by atoms with E-state index in [0.29, 0.717) is 38.4 Å². The molecule has 0 bridgehead atoms. The highest BCUT2D eigenvalue weighted by Gasteiger charge is 2.16. The molecule has 0 saturated heterocycles. The maximum atomic E-state index is 13.1. The highest BCUT2D eigenvalue weighted by atomic mass is 35.5.